The lowest BCUT2D eigenvalue weighted by molar-refractivity contribution is 0.0118. The van der Waals surface area contributed by atoms with E-state index in [1.54, 1.807) is 24.2 Å². The number of halogens is 1. The summed E-state index contributed by atoms with van der Waals surface area (Å²) in [6.07, 6.45) is 7.62. The zero-order valence-corrected chi connectivity index (χ0v) is 16.9. The van der Waals surface area contributed by atoms with Crippen LogP contribution in [0.25, 0.3) is 10.4 Å². The molecule has 25 heavy (non-hydrogen) atoms. The molecule has 8 nitrogen and oxygen atoms in total. The standard InChI is InChI=1S/C14H24ClN5O3S2/c1-25(2,15)12-24-14-17-9-13(10-18-14)11-23-8-7-22-6-5-21-4-3-19-20-16/h9-10H,3-8,11-12H2,1-2H3. The number of azide groups is 1. The fraction of sp³-hybridized carbons (Fsp3) is 0.714. The average molecular weight is 410 g/mol. The van der Waals surface area contributed by atoms with E-state index in [9.17, 15) is 0 Å². The summed E-state index contributed by atoms with van der Waals surface area (Å²) in [5.74, 6) is 0. The lowest BCUT2D eigenvalue weighted by atomic mass is 10.4. The summed E-state index contributed by atoms with van der Waals surface area (Å²) in [5, 5.41) is 4.92. The van der Waals surface area contributed by atoms with Crippen molar-refractivity contribution in [1.82, 2.24) is 9.97 Å². The molecule has 1 rings (SSSR count). The van der Waals surface area contributed by atoms with Gasteiger partial charge in [0.2, 0.25) is 0 Å². The fourth-order valence-corrected chi connectivity index (χ4v) is 3.66. The van der Waals surface area contributed by atoms with Crippen molar-refractivity contribution in [2.24, 2.45) is 5.11 Å². The van der Waals surface area contributed by atoms with Gasteiger partial charge in [-0.2, -0.15) is 9.24 Å². The van der Waals surface area contributed by atoms with Crippen molar-refractivity contribution >= 4 is 31.7 Å². The summed E-state index contributed by atoms with van der Waals surface area (Å²) in [6.45, 7) is 3.11. The number of hydrogen-bond acceptors (Lipinski definition) is 7. The Hall–Kier alpha value is -0.740. The largest absolute Gasteiger partial charge is 0.379 e. The Balaban J connectivity index is 2.02. The normalized spacial score (nSPS) is 12.0. The molecule has 0 fully saturated rings. The molecule has 0 aliphatic heterocycles. The molecule has 0 aromatic carbocycles. The highest BCUT2D eigenvalue weighted by molar-refractivity contribution is 8.54. The van der Waals surface area contributed by atoms with Crippen molar-refractivity contribution in [1.29, 1.82) is 0 Å². The first kappa shape index (κ1) is 22.3. The van der Waals surface area contributed by atoms with Crippen LogP contribution in [0.1, 0.15) is 5.56 Å². The summed E-state index contributed by atoms with van der Waals surface area (Å²) < 4.78 is 16.1. The second-order valence-corrected chi connectivity index (χ2v) is 12.2. The predicted octanol–water partition coefficient (Wildman–Crippen LogP) is 3.60. The van der Waals surface area contributed by atoms with Gasteiger partial charge >= 0.3 is 0 Å². The zero-order chi connectivity index (χ0) is 18.4. The SMILES string of the molecule is CS(C)(Cl)CSc1ncc(COCCOCCOCCN=[N+]=[N-])cn1. The van der Waals surface area contributed by atoms with E-state index in [2.05, 4.69) is 20.0 Å². The Morgan fingerprint density at radius 3 is 2.32 bits per heavy atom. The van der Waals surface area contributed by atoms with Gasteiger partial charge in [0, 0.05) is 34.5 Å². The minimum atomic E-state index is -1.08. The number of nitrogens with zero attached hydrogens (tertiary/aromatic N) is 5. The molecule has 0 N–H and O–H groups in total. The van der Waals surface area contributed by atoms with Gasteiger partial charge in [0.1, 0.15) is 0 Å². The third-order valence-electron chi connectivity index (χ3n) is 2.56. The Bertz CT molecular complexity index is 524. The molecule has 1 heterocycles. The van der Waals surface area contributed by atoms with Crippen LogP contribution in [0.3, 0.4) is 0 Å². The number of hydrogen-bond donors (Lipinski definition) is 0. The van der Waals surface area contributed by atoms with Gasteiger partial charge in [-0.1, -0.05) is 27.6 Å². The van der Waals surface area contributed by atoms with E-state index in [0.29, 0.717) is 46.2 Å². The Labute approximate surface area is 158 Å². The summed E-state index contributed by atoms with van der Waals surface area (Å²) in [5.41, 5.74) is 9.01. The van der Waals surface area contributed by atoms with Gasteiger partial charge in [-0.3, -0.25) is 0 Å². The molecule has 0 saturated carbocycles. The van der Waals surface area contributed by atoms with Crippen LogP contribution >= 0.6 is 31.7 Å². The van der Waals surface area contributed by atoms with Crippen LogP contribution in [-0.4, -0.2) is 67.1 Å². The monoisotopic (exact) mass is 409 g/mol. The van der Waals surface area contributed by atoms with Crippen LogP contribution in [0.15, 0.2) is 22.7 Å². The fourth-order valence-electron chi connectivity index (χ4n) is 1.46. The molecule has 1 aromatic heterocycles. The maximum absolute atomic E-state index is 8.09. The molecule has 0 spiro atoms. The number of ether oxygens (including phenoxy) is 3. The number of aromatic nitrogens is 2. The van der Waals surface area contributed by atoms with Crippen molar-refractivity contribution in [3.8, 4) is 0 Å². The van der Waals surface area contributed by atoms with E-state index in [1.165, 1.54) is 0 Å². The maximum Gasteiger partial charge on any atom is 0.188 e. The van der Waals surface area contributed by atoms with Crippen LogP contribution in [0.5, 0.6) is 0 Å². The van der Waals surface area contributed by atoms with Crippen LogP contribution in [0.4, 0.5) is 0 Å². The van der Waals surface area contributed by atoms with Gasteiger partial charge < -0.3 is 14.2 Å². The van der Waals surface area contributed by atoms with Crippen LogP contribution in [0.2, 0.25) is 0 Å². The van der Waals surface area contributed by atoms with Crippen LogP contribution < -0.4 is 0 Å². The van der Waals surface area contributed by atoms with Gasteiger partial charge in [0.05, 0.1) is 39.6 Å². The molecule has 0 aliphatic carbocycles. The lowest BCUT2D eigenvalue weighted by Gasteiger charge is -2.19. The van der Waals surface area contributed by atoms with Crippen molar-refractivity contribution in [3.63, 3.8) is 0 Å². The Morgan fingerprint density at radius 2 is 1.72 bits per heavy atom. The van der Waals surface area contributed by atoms with E-state index in [-0.39, 0.29) is 0 Å². The second-order valence-electron chi connectivity index (χ2n) is 5.27. The van der Waals surface area contributed by atoms with Gasteiger partial charge in [-0.25, -0.2) is 9.97 Å². The maximum atomic E-state index is 8.09. The minimum Gasteiger partial charge on any atom is -0.379 e. The van der Waals surface area contributed by atoms with Crippen molar-refractivity contribution in [2.45, 2.75) is 11.8 Å². The number of thioether (sulfide) groups is 1. The molecule has 11 heteroatoms. The third kappa shape index (κ3) is 13.2. The van der Waals surface area contributed by atoms with E-state index in [1.807, 2.05) is 12.5 Å². The van der Waals surface area contributed by atoms with E-state index >= 15 is 0 Å². The molecule has 0 radical (unpaired) electrons. The van der Waals surface area contributed by atoms with Crippen LogP contribution in [0, 0.1) is 0 Å². The predicted molar refractivity (Wildman–Crippen MR) is 103 cm³/mol. The molecule has 0 bridgehead atoms. The van der Waals surface area contributed by atoms with Gasteiger partial charge in [0.15, 0.2) is 5.16 Å². The number of rotatable bonds is 14. The first-order valence-corrected chi connectivity index (χ1v) is 12.0. The first-order chi connectivity index (χ1) is 12.0. The Morgan fingerprint density at radius 1 is 1.12 bits per heavy atom. The summed E-state index contributed by atoms with van der Waals surface area (Å²) in [6, 6.07) is 0. The first-order valence-electron chi connectivity index (χ1n) is 7.60. The highest BCUT2D eigenvalue weighted by Gasteiger charge is 2.09. The summed E-state index contributed by atoms with van der Waals surface area (Å²) in [7, 11) is 5.15. The molecule has 0 aliphatic rings. The van der Waals surface area contributed by atoms with Crippen molar-refractivity contribution in [2.75, 3.05) is 57.2 Å². The molecule has 142 valence electrons. The van der Waals surface area contributed by atoms with Crippen molar-refractivity contribution < 1.29 is 14.2 Å². The molecular formula is C14H24ClN5O3S2. The van der Waals surface area contributed by atoms with Crippen molar-refractivity contribution in [3.05, 3.63) is 28.4 Å². The quantitative estimate of drug-likeness (QED) is 0.116. The minimum absolute atomic E-state index is 0.337. The summed E-state index contributed by atoms with van der Waals surface area (Å²) in [4.78, 5) is 11.2. The topological polar surface area (TPSA) is 102 Å². The van der Waals surface area contributed by atoms with Gasteiger partial charge in [-0.05, 0) is 18.0 Å². The lowest BCUT2D eigenvalue weighted by Crippen LogP contribution is -2.10. The highest BCUT2D eigenvalue weighted by atomic mass is 35.7. The molecule has 0 atom stereocenters. The summed E-state index contributed by atoms with van der Waals surface area (Å²) >= 11 is 1.57. The molecule has 1 aromatic rings. The van der Waals surface area contributed by atoms with Gasteiger partial charge in [0.25, 0.3) is 0 Å². The van der Waals surface area contributed by atoms with Gasteiger partial charge in [-0.15, -0.1) is 0 Å². The third-order valence-corrected chi connectivity index (χ3v) is 6.55. The Kier molecular flexibility index (Phi) is 12.0. The van der Waals surface area contributed by atoms with Crippen LogP contribution in [-0.2, 0) is 20.8 Å². The highest BCUT2D eigenvalue weighted by Crippen LogP contribution is 2.48. The van der Waals surface area contributed by atoms with E-state index in [0.717, 1.165) is 15.8 Å². The zero-order valence-electron chi connectivity index (χ0n) is 14.5. The molecule has 0 saturated heterocycles. The van der Waals surface area contributed by atoms with E-state index < -0.39 is 9.24 Å². The molecular weight excluding hydrogens is 386 g/mol. The van der Waals surface area contributed by atoms with E-state index in [4.69, 9.17) is 30.4 Å². The molecule has 0 amide bonds. The second kappa shape index (κ2) is 13.5. The average Bonchev–Trinajstić information content (AvgIpc) is 2.58. The molecule has 0 unspecified atom stereocenters. The smallest absolute Gasteiger partial charge is 0.188 e.